The Hall–Kier alpha value is -7.30. The first-order valence-corrected chi connectivity index (χ1v) is 30.9. The molecule has 0 radical (unpaired) electrons. The van der Waals surface area contributed by atoms with Gasteiger partial charge in [-0.1, -0.05) is 42.5 Å². The molecule has 2 aromatic rings. The molecule has 1 aliphatic carbocycles. The summed E-state index contributed by atoms with van der Waals surface area (Å²) >= 11 is 0. The molecule has 0 bridgehead atoms. The second-order valence-electron chi connectivity index (χ2n) is 25.8. The van der Waals surface area contributed by atoms with E-state index < -0.39 is 127 Å². The molecule has 4 amide bonds. The van der Waals surface area contributed by atoms with Gasteiger partial charge in [-0.25, -0.2) is 4.79 Å². The SMILES string of the molecule is CC(=O)NCCCCNC(=O)C(CO[C@@H]1O[C@H](COC(C)=O)[C@@H](OC(C)=O)[C@H](OC(C)=O)[C@H]1NC(C)=O)NC(=O)O[C@@H](c1cccc2c1Cc1ccccc1-2)N1CCN(CC(=O)OC(C)(C)C)CCN(CC(=O)OC(C)(C)C)CCN(CC(=O)OC(C)(C)C)CC1. The van der Waals surface area contributed by atoms with Crippen molar-refractivity contribution in [3.8, 4) is 11.1 Å². The van der Waals surface area contributed by atoms with E-state index >= 15 is 4.79 Å². The number of nitrogens with one attached hydrogen (secondary N) is 4. The van der Waals surface area contributed by atoms with Crippen molar-refractivity contribution in [3.05, 3.63) is 59.2 Å². The number of esters is 6. The molecule has 2 heterocycles. The molecule has 2 aliphatic heterocycles. The molecule has 91 heavy (non-hydrogen) atoms. The number of carbonyl (C=O) groups excluding carboxylic acids is 10. The van der Waals surface area contributed by atoms with Crippen LogP contribution in [0, 0.1) is 0 Å². The number of nitrogens with zero attached hydrogens (tertiary/aromatic N) is 4. The van der Waals surface area contributed by atoms with Crippen LogP contribution in [0.3, 0.4) is 0 Å². The van der Waals surface area contributed by atoms with Crippen LogP contribution in [0.2, 0.25) is 0 Å². The third-order valence-electron chi connectivity index (χ3n) is 14.3. The number of unbranched alkanes of at least 4 members (excludes halogenated alkanes) is 1. The lowest BCUT2D eigenvalue weighted by atomic mass is 9.96. The molecule has 27 heteroatoms. The van der Waals surface area contributed by atoms with E-state index in [1.54, 1.807) is 62.3 Å². The Morgan fingerprint density at radius 2 is 1.08 bits per heavy atom. The maximum Gasteiger partial charge on any atom is 0.409 e. The van der Waals surface area contributed by atoms with Crippen LogP contribution in [0.5, 0.6) is 0 Å². The predicted octanol–water partition coefficient (Wildman–Crippen LogP) is 3.30. The van der Waals surface area contributed by atoms with Crippen LogP contribution in [0.1, 0.15) is 133 Å². The lowest BCUT2D eigenvalue weighted by Gasteiger charge is -2.45. The van der Waals surface area contributed by atoms with Gasteiger partial charge in [-0.05, 0) is 104 Å². The van der Waals surface area contributed by atoms with Crippen molar-refractivity contribution in [2.75, 3.05) is 98.3 Å². The minimum absolute atomic E-state index is 0.0780. The Morgan fingerprint density at radius 3 is 1.57 bits per heavy atom. The maximum absolute atomic E-state index is 15.2. The lowest BCUT2D eigenvalue weighted by Crippen LogP contribution is -2.67. The fourth-order valence-corrected chi connectivity index (χ4v) is 10.6. The summed E-state index contributed by atoms with van der Waals surface area (Å²) < 4.78 is 53.1. The third-order valence-corrected chi connectivity index (χ3v) is 14.3. The van der Waals surface area contributed by atoms with E-state index in [-0.39, 0.29) is 84.4 Å². The summed E-state index contributed by atoms with van der Waals surface area (Å²) in [5, 5.41) is 10.9. The number of fused-ring (bicyclic) bond motifs is 3. The predicted molar refractivity (Wildman–Crippen MR) is 330 cm³/mol. The summed E-state index contributed by atoms with van der Waals surface area (Å²) in [4.78, 5) is 140. The van der Waals surface area contributed by atoms with E-state index in [2.05, 4.69) is 21.3 Å². The highest BCUT2D eigenvalue weighted by molar-refractivity contribution is 5.86. The molecule has 4 N–H and O–H groups in total. The number of benzene rings is 2. The van der Waals surface area contributed by atoms with Crippen LogP contribution in [-0.2, 0) is 92.2 Å². The first-order chi connectivity index (χ1) is 42.6. The smallest absolute Gasteiger partial charge is 0.409 e. The molecule has 27 nitrogen and oxygen atoms in total. The van der Waals surface area contributed by atoms with Gasteiger partial charge in [0.2, 0.25) is 17.7 Å². The first-order valence-electron chi connectivity index (χ1n) is 30.9. The van der Waals surface area contributed by atoms with Crippen molar-refractivity contribution < 1.29 is 90.6 Å². The topological polar surface area (TPSA) is 315 Å². The van der Waals surface area contributed by atoms with Crippen molar-refractivity contribution in [2.24, 2.45) is 0 Å². The minimum atomic E-state index is -1.63. The number of hydrogen-bond donors (Lipinski definition) is 4. The van der Waals surface area contributed by atoms with Gasteiger partial charge in [-0.3, -0.25) is 62.8 Å². The summed E-state index contributed by atoms with van der Waals surface area (Å²) in [6.45, 7) is 22.4. The fraction of sp³-hybridized carbons (Fsp3) is 0.656. The van der Waals surface area contributed by atoms with Gasteiger partial charge in [0, 0.05) is 106 Å². The molecule has 7 atom stereocenters. The molecule has 0 saturated carbocycles. The van der Waals surface area contributed by atoms with Crippen molar-refractivity contribution >= 4 is 59.6 Å². The van der Waals surface area contributed by atoms with E-state index in [0.29, 0.717) is 31.4 Å². The molecule has 2 saturated heterocycles. The van der Waals surface area contributed by atoms with Gasteiger partial charge in [-0.15, -0.1) is 0 Å². The average Bonchev–Trinajstić information content (AvgIpc) is 1.75. The Kier molecular flexibility index (Phi) is 28.1. The zero-order valence-electron chi connectivity index (χ0n) is 55.4. The number of amides is 4. The summed E-state index contributed by atoms with van der Waals surface area (Å²) in [7, 11) is 0. The second-order valence-corrected chi connectivity index (χ2v) is 25.8. The largest absolute Gasteiger partial charge is 0.463 e. The van der Waals surface area contributed by atoms with E-state index in [4.69, 9.17) is 42.6 Å². The van der Waals surface area contributed by atoms with E-state index in [1.807, 2.05) is 62.1 Å². The van der Waals surface area contributed by atoms with Gasteiger partial charge >= 0.3 is 41.9 Å². The van der Waals surface area contributed by atoms with Crippen LogP contribution >= 0.6 is 0 Å². The number of carbonyl (C=O) groups is 10. The Bertz CT molecular complexity index is 2800. The molecule has 2 aromatic carbocycles. The molecular weight excluding hydrogens is 1180 g/mol. The van der Waals surface area contributed by atoms with Crippen LogP contribution in [0.25, 0.3) is 11.1 Å². The van der Waals surface area contributed by atoms with Crippen molar-refractivity contribution in [3.63, 3.8) is 0 Å². The molecule has 0 spiro atoms. The number of rotatable bonds is 24. The van der Waals surface area contributed by atoms with Gasteiger partial charge in [0.15, 0.2) is 24.7 Å². The Balaban J connectivity index is 1.60. The van der Waals surface area contributed by atoms with Gasteiger partial charge < -0.3 is 63.9 Å². The Labute approximate surface area is 533 Å². The summed E-state index contributed by atoms with van der Waals surface area (Å²) in [6, 6.07) is 10.6. The van der Waals surface area contributed by atoms with E-state index in [1.165, 1.54) is 13.8 Å². The Morgan fingerprint density at radius 1 is 0.582 bits per heavy atom. The maximum atomic E-state index is 15.2. The quantitative estimate of drug-likeness (QED) is 0.0568. The number of alkyl carbamates (subject to hydrolysis) is 1. The highest BCUT2D eigenvalue weighted by Gasteiger charge is 2.52. The van der Waals surface area contributed by atoms with Gasteiger partial charge in [0.05, 0.1) is 26.2 Å². The van der Waals surface area contributed by atoms with Crippen LogP contribution < -0.4 is 21.3 Å². The van der Waals surface area contributed by atoms with Crippen LogP contribution in [0.15, 0.2) is 42.5 Å². The molecule has 3 aliphatic rings. The van der Waals surface area contributed by atoms with Crippen LogP contribution in [0.4, 0.5) is 4.79 Å². The lowest BCUT2D eigenvalue weighted by molar-refractivity contribution is -0.278. The fourth-order valence-electron chi connectivity index (χ4n) is 10.6. The number of ether oxygens (including phenoxy) is 9. The van der Waals surface area contributed by atoms with Crippen molar-refractivity contribution in [1.82, 2.24) is 40.9 Å². The first kappa shape index (κ1) is 74.4. The van der Waals surface area contributed by atoms with E-state index in [0.717, 1.165) is 43.0 Å². The van der Waals surface area contributed by atoms with Gasteiger partial charge in [0.25, 0.3) is 0 Å². The van der Waals surface area contributed by atoms with E-state index in [9.17, 15) is 43.2 Å². The zero-order chi connectivity index (χ0) is 67.4. The molecule has 1 unspecified atom stereocenters. The molecule has 2 fully saturated rings. The minimum Gasteiger partial charge on any atom is -0.463 e. The zero-order valence-corrected chi connectivity index (χ0v) is 55.4. The molecule has 506 valence electrons. The summed E-state index contributed by atoms with van der Waals surface area (Å²) in [5.41, 5.74) is 1.98. The third kappa shape index (κ3) is 26.1. The summed E-state index contributed by atoms with van der Waals surface area (Å²) in [5.74, 6) is -5.49. The highest BCUT2D eigenvalue weighted by Crippen LogP contribution is 2.41. The van der Waals surface area contributed by atoms with Gasteiger partial charge in [-0.2, -0.15) is 0 Å². The summed E-state index contributed by atoms with van der Waals surface area (Å²) in [6.07, 6.45) is -6.96. The standard InChI is InChI=1S/C64H96N8O19/c1-40(73)65-24-17-18-25-66-58(81)50(38-84-60-55(67-41(2)74)57(86-44(5)77)56(85-43(4)76)51(87-60)39-83-42(3)75)68-61(82)88-59(48-23-19-22-47-46-21-16-15-20-45(46)34-49(47)48)72-32-30-70(36-53(79)90-63(9,10)11)28-26-69(35-52(78)89-62(6,7)8)27-29-71(31-33-72)37-54(80)91-64(12,13)14/h15-16,19-23,50-51,55-57,59-60H,17-18,24-39H2,1-14H3,(H,65,73)(H,66,81)(H,67,74)(H,68,82)/t50?,51-,55-,56-,57-,59+,60-/m1/s1. The molecule has 0 aromatic heterocycles. The van der Waals surface area contributed by atoms with Crippen molar-refractivity contribution in [1.29, 1.82) is 0 Å². The number of hydrogen-bond acceptors (Lipinski definition) is 23. The molecule has 5 rings (SSSR count). The van der Waals surface area contributed by atoms with Gasteiger partial charge in [0.1, 0.15) is 41.6 Å². The second kappa shape index (κ2) is 34.4. The van der Waals surface area contributed by atoms with Crippen molar-refractivity contribution in [2.45, 2.75) is 176 Å². The molecular formula is C64H96N8O19. The van der Waals surface area contributed by atoms with Crippen LogP contribution in [-0.4, -0.2) is 231 Å². The normalized spacial score (nSPS) is 20.3. The average molecular weight is 1280 g/mol. The monoisotopic (exact) mass is 1280 g/mol. The highest BCUT2D eigenvalue weighted by atomic mass is 16.7.